The average molecular weight is 330 g/mol. The monoisotopic (exact) mass is 330 g/mol. The maximum atomic E-state index is 9.61. The zero-order chi connectivity index (χ0) is 17.5. The first-order valence-corrected chi connectivity index (χ1v) is 8.65. The fourth-order valence-corrected chi connectivity index (χ4v) is 2.93. The van der Waals surface area contributed by atoms with Crippen LogP contribution in [0.2, 0.25) is 0 Å². The number of hydrogen-bond donors (Lipinski definition) is 1. The highest BCUT2D eigenvalue weighted by Crippen LogP contribution is 2.26. The van der Waals surface area contributed by atoms with Crippen molar-refractivity contribution in [3.05, 3.63) is 78.0 Å². The van der Waals surface area contributed by atoms with Crippen LogP contribution in [0, 0.1) is 0 Å². The summed E-state index contributed by atoms with van der Waals surface area (Å²) in [6, 6.07) is 20.2. The second kappa shape index (κ2) is 8.25. The van der Waals surface area contributed by atoms with E-state index in [-0.39, 0.29) is 0 Å². The van der Waals surface area contributed by atoms with Gasteiger partial charge in [-0.05, 0) is 42.2 Å². The Balaban J connectivity index is 2.15. The second-order valence-corrected chi connectivity index (χ2v) is 5.99. The number of pyridine rings is 1. The molecule has 126 valence electrons. The largest absolute Gasteiger partial charge is 0.411 e. The molecule has 0 fully saturated rings. The first-order chi connectivity index (χ1) is 12.3. The summed E-state index contributed by atoms with van der Waals surface area (Å²) in [5.74, 6) is 0. The molecule has 1 heterocycles. The van der Waals surface area contributed by atoms with Gasteiger partial charge in [0, 0.05) is 17.2 Å². The van der Waals surface area contributed by atoms with E-state index in [1.807, 2.05) is 60.8 Å². The van der Waals surface area contributed by atoms with Crippen LogP contribution in [0.15, 0.2) is 72.0 Å². The summed E-state index contributed by atoms with van der Waals surface area (Å²) in [6.07, 6.45) is 6.71. The fraction of sp³-hybridized carbons (Fsp3) is 0.182. The first-order valence-electron chi connectivity index (χ1n) is 8.65. The van der Waals surface area contributed by atoms with Crippen molar-refractivity contribution in [2.45, 2.75) is 26.2 Å². The summed E-state index contributed by atoms with van der Waals surface area (Å²) in [7, 11) is 0. The predicted octanol–water partition coefficient (Wildman–Crippen LogP) is 5.80. The van der Waals surface area contributed by atoms with Crippen molar-refractivity contribution >= 4 is 28.3 Å². The number of rotatable bonds is 6. The van der Waals surface area contributed by atoms with Crippen molar-refractivity contribution in [2.75, 3.05) is 0 Å². The molecule has 0 atom stereocenters. The van der Waals surface area contributed by atoms with Crippen LogP contribution in [0.1, 0.15) is 37.3 Å². The number of para-hydroxylation sites is 1. The lowest BCUT2D eigenvalue weighted by molar-refractivity contribution is 0.318. The van der Waals surface area contributed by atoms with Gasteiger partial charge >= 0.3 is 0 Å². The second-order valence-electron chi connectivity index (χ2n) is 5.99. The van der Waals surface area contributed by atoms with Crippen molar-refractivity contribution in [3.8, 4) is 0 Å². The number of oxime groups is 1. The van der Waals surface area contributed by atoms with Crippen molar-refractivity contribution in [1.82, 2.24) is 4.98 Å². The van der Waals surface area contributed by atoms with Gasteiger partial charge in [0.2, 0.25) is 0 Å². The quantitative estimate of drug-likeness (QED) is 0.353. The third kappa shape index (κ3) is 3.94. The van der Waals surface area contributed by atoms with Crippen molar-refractivity contribution in [2.24, 2.45) is 5.16 Å². The Hall–Kier alpha value is -2.94. The predicted molar refractivity (Wildman–Crippen MR) is 105 cm³/mol. The normalized spacial score (nSPS) is 12.5. The minimum absolute atomic E-state index is 0.717. The molecule has 3 nitrogen and oxygen atoms in total. The maximum absolute atomic E-state index is 9.61. The van der Waals surface area contributed by atoms with Crippen LogP contribution in [0.25, 0.3) is 22.6 Å². The Morgan fingerprint density at radius 1 is 1.04 bits per heavy atom. The molecule has 1 aromatic heterocycles. The summed E-state index contributed by atoms with van der Waals surface area (Å²) in [4.78, 5) is 4.43. The Bertz CT molecular complexity index is 893. The molecule has 2 aromatic carbocycles. The highest BCUT2D eigenvalue weighted by molar-refractivity contribution is 6.28. The Kier molecular flexibility index (Phi) is 5.57. The van der Waals surface area contributed by atoms with Crippen LogP contribution in [-0.2, 0) is 0 Å². The Morgan fingerprint density at radius 3 is 2.56 bits per heavy atom. The van der Waals surface area contributed by atoms with Crippen LogP contribution in [0.3, 0.4) is 0 Å². The molecular formula is C22H22N2O. The third-order valence-corrected chi connectivity index (χ3v) is 4.27. The summed E-state index contributed by atoms with van der Waals surface area (Å²) < 4.78 is 0. The van der Waals surface area contributed by atoms with Crippen LogP contribution in [0.4, 0.5) is 0 Å². The van der Waals surface area contributed by atoms with Gasteiger partial charge in [0.25, 0.3) is 0 Å². The third-order valence-electron chi connectivity index (χ3n) is 4.27. The number of allylic oxidation sites excluding steroid dienone is 1. The van der Waals surface area contributed by atoms with Gasteiger partial charge in [-0.1, -0.05) is 67.0 Å². The number of nitrogens with zero attached hydrogens (tertiary/aromatic N) is 2. The summed E-state index contributed by atoms with van der Waals surface area (Å²) >= 11 is 0. The van der Waals surface area contributed by atoms with E-state index in [0.29, 0.717) is 5.71 Å². The molecule has 1 N–H and O–H groups in total. The number of hydrogen-bond acceptors (Lipinski definition) is 3. The zero-order valence-electron chi connectivity index (χ0n) is 14.4. The Morgan fingerprint density at radius 2 is 1.80 bits per heavy atom. The number of unbranched alkanes of at least 4 members (excludes halogenated alkanes) is 1. The molecule has 3 aromatic rings. The van der Waals surface area contributed by atoms with Gasteiger partial charge in [-0.15, -0.1) is 0 Å². The lowest BCUT2D eigenvalue weighted by atomic mass is 9.94. The molecule has 0 saturated carbocycles. The molecule has 0 aliphatic carbocycles. The van der Waals surface area contributed by atoms with Crippen molar-refractivity contribution in [1.29, 1.82) is 0 Å². The Labute approximate surface area is 148 Å². The lowest BCUT2D eigenvalue weighted by Crippen LogP contribution is -2.03. The van der Waals surface area contributed by atoms with Gasteiger partial charge in [0.15, 0.2) is 0 Å². The minimum Gasteiger partial charge on any atom is -0.411 e. The highest BCUT2D eigenvalue weighted by Gasteiger charge is 2.11. The first kappa shape index (κ1) is 16.9. The average Bonchev–Trinajstić information content (AvgIpc) is 2.68. The van der Waals surface area contributed by atoms with Crippen LogP contribution >= 0.6 is 0 Å². The van der Waals surface area contributed by atoms with E-state index in [1.165, 1.54) is 0 Å². The lowest BCUT2D eigenvalue weighted by Gasteiger charge is -2.11. The smallest absolute Gasteiger partial charge is 0.0874 e. The van der Waals surface area contributed by atoms with Crippen LogP contribution in [0.5, 0.6) is 0 Å². The van der Waals surface area contributed by atoms with Gasteiger partial charge < -0.3 is 5.21 Å². The molecule has 0 aliphatic rings. The molecular weight excluding hydrogens is 308 g/mol. The molecule has 0 unspecified atom stereocenters. The number of aromatic nitrogens is 1. The SMILES string of the molecule is CCCCC(=N\O)/C(=C\c1ccnc2ccccc12)c1ccccc1. The summed E-state index contributed by atoms with van der Waals surface area (Å²) in [5.41, 5.74) is 4.75. The van der Waals surface area contributed by atoms with Gasteiger partial charge in [-0.25, -0.2) is 0 Å². The molecule has 3 rings (SSSR count). The van der Waals surface area contributed by atoms with E-state index >= 15 is 0 Å². The van der Waals surface area contributed by atoms with Crippen molar-refractivity contribution < 1.29 is 5.21 Å². The van der Waals surface area contributed by atoms with E-state index in [1.54, 1.807) is 0 Å². The van der Waals surface area contributed by atoms with E-state index in [9.17, 15) is 5.21 Å². The molecule has 0 amide bonds. The van der Waals surface area contributed by atoms with E-state index in [4.69, 9.17) is 0 Å². The molecule has 0 aliphatic heterocycles. The van der Waals surface area contributed by atoms with Crippen LogP contribution < -0.4 is 0 Å². The molecule has 0 bridgehead atoms. The molecule has 0 spiro atoms. The van der Waals surface area contributed by atoms with E-state index < -0.39 is 0 Å². The summed E-state index contributed by atoms with van der Waals surface area (Å²) in [6.45, 7) is 2.14. The standard InChI is InChI=1S/C22H22N2O/c1-2-3-12-22(24-25)20(17-9-5-4-6-10-17)16-18-14-15-23-21-13-8-7-11-19(18)21/h4-11,13-16,25H,2-3,12H2,1H3/b20-16-,24-22+. The summed E-state index contributed by atoms with van der Waals surface area (Å²) in [5, 5.41) is 14.3. The van der Waals surface area contributed by atoms with Crippen molar-refractivity contribution in [3.63, 3.8) is 0 Å². The van der Waals surface area contributed by atoms with Gasteiger partial charge in [0.05, 0.1) is 11.2 Å². The maximum Gasteiger partial charge on any atom is 0.0874 e. The highest BCUT2D eigenvalue weighted by atomic mass is 16.4. The number of benzene rings is 2. The van der Waals surface area contributed by atoms with E-state index in [2.05, 4.69) is 29.2 Å². The van der Waals surface area contributed by atoms with Gasteiger partial charge in [-0.3, -0.25) is 4.98 Å². The molecule has 0 saturated heterocycles. The minimum atomic E-state index is 0.717. The zero-order valence-corrected chi connectivity index (χ0v) is 14.4. The molecule has 3 heteroatoms. The fourth-order valence-electron chi connectivity index (χ4n) is 2.93. The molecule has 0 radical (unpaired) electrons. The molecule has 25 heavy (non-hydrogen) atoms. The number of fused-ring (bicyclic) bond motifs is 1. The van der Waals surface area contributed by atoms with Gasteiger partial charge in [0.1, 0.15) is 0 Å². The van der Waals surface area contributed by atoms with Gasteiger partial charge in [-0.2, -0.15) is 0 Å². The van der Waals surface area contributed by atoms with E-state index in [0.717, 1.165) is 46.9 Å². The van der Waals surface area contributed by atoms with Crippen LogP contribution in [-0.4, -0.2) is 15.9 Å². The topological polar surface area (TPSA) is 45.5 Å².